The van der Waals surface area contributed by atoms with E-state index in [1.54, 1.807) is 5.56 Å². The molecule has 4 aromatic carbocycles. The fraction of sp³-hybridized carbons (Fsp3) is 0.350. The SMILES string of the molecule is Cc1cc2c3c(c1)-n1c(-c4ccccc4)c(C)c4cccc(c41)B3c1cc(C(C)(C)C)cc3c1N2[C@]1(C)CCCCC31C. The van der Waals surface area contributed by atoms with Crippen molar-refractivity contribution in [1.29, 1.82) is 0 Å². The third kappa shape index (κ3) is 2.97. The van der Waals surface area contributed by atoms with E-state index < -0.39 is 0 Å². The molecule has 1 aliphatic carbocycles. The van der Waals surface area contributed by atoms with Crippen LogP contribution in [-0.2, 0) is 10.8 Å². The second-order valence-electron chi connectivity index (χ2n) is 15.4. The van der Waals surface area contributed by atoms with Gasteiger partial charge in [-0.05, 0) is 95.4 Å². The zero-order valence-electron chi connectivity index (χ0n) is 26.7. The highest BCUT2D eigenvalue weighted by atomic mass is 15.3. The Morgan fingerprint density at radius 3 is 2.30 bits per heavy atom. The van der Waals surface area contributed by atoms with E-state index in [9.17, 15) is 0 Å². The van der Waals surface area contributed by atoms with E-state index in [1.165, 1.54) is 98.0 Å². The summed E-state index contributed by atoms with van der Waals surface area (Å²) in [5.74, 6) is 0. The fourth-order valence-corrected chi connectivity index (χ4v) is 9.73. The molecule has 2 atom stereocenters. The van der Waals surface area contributed by atoms with E-state index in [1.807, 2.05) is 0 Å². The van der Waals surface area contributed by atoms with Gasteiger partial charge in [0.25, 0.3) is 6.71 Å². The van der Waals surface area contributed by atoms with Crippen LogP contribution in [0.1, 0.15) is 82.6 Å². The standard InChI is InChI=1S/C40H41BN2/c1-24-20-32-34-33(21-24)43-37-29(39(6)18-11-12-19-40(39,43)7)22-27(38(3,4)5)23-31(37)41(34)30-17-13-16-28-25(2)35(42(32)36(28)30)26-14-9-8-10-15-26/h8-10,13-17,20-23H,11-12,18-19H2,1-7H3/t39?,40-/m1/s1. The Morgan fingerprint density at radius 1 is 0.791 bits per heavy atom. The molecule has 43 heavy (non-hydrogen) atoms. The van der Waals surface area contributed by atoms with E-state index >= 15 is 0 Å². The van der Waals surface area contributed by atoms with Crippen molar-refractivity contribution in [1.82, 2.24) is 4.57 Å². The van der Waals surface area contributed by atoms with Crippen LogP contribution in [0.5, 0.6) is 0 Å². The van der Waals surface area contributed by atoms with Gasteiger partial charge in [0.1, 0.15) is 0 Å². The van der Waals surface area contributed by atoms with Gasteiger partial charge in [-0.2, -0.15) is 0 Å². The Labute approximate surface area is 256 Å². The van der Waals surface area contributed by atoms with Gasteiger partial charge in [0.15, 0.2) is 0 Å². The smallest absolute Gasteiger partial charge is 0.252 e. The van der Waals surface area contributed by atoms with Gasteiger partial charge in [0.05, 0.1) is 11.2 Å². The number of fused-ring (bicyclic) bond motifs is 7. The van der Waals surface area contributed by atoms with Crippen molar-refractivity contribution in [3.05, 3.63) is 95.1 Å². The minimum Gasteiger partial charge on any atom is -0.335 e. The number of nitrogens with zero attached hydrogens (tertiary/aromatic N) is 2. The topological polar surface area (TPSA) is 8.17 Å². The van der Waals surface area contributed by atoms with Crippen LogP contribution in [0.4, 0.5) is 11.4 Å². The Balaban J connectivity index is 1.48. The molecule has 3 aliphatic heterocycles. The van der Waals surface area contributed by atoms with Gasteiger partial charge in [-0.25, -0.2) is 0 Å². The summed E-state index contributed by atoms with van der Waals surface area (Å²) in [4.78, 5) is 2.86. The van der Waals surface area contributed by atoms with Crippen LogP contribution in [0, 0.1) is 13.8 Å². The molecule has 0 bridgehead atoms. The lowest BCUT2D eigenvalue weighted by Crippen LogP contribution is -2.64. The zero-order chi connectivity index (χ0) is 29.6. The molecule has 2 nitrogen and oxygen atoms in total. The molecule has 0 radical (unpaired) electrons. The highest BCUT2D eigenvalue weighted by molar-refractivity contribution is 7.00. The van der Waals surface area contributed by atoms with E-state index in [4.69, 9.17) is 0 Å². The van der Waals surface area contributed by atoms with Crippen molar-refractivity contribution in [2.45, 2.75) is 90.5 Å². The van der Waals surface area contributed by atoms with Crippen LogP contribution in [-0.4, -0.2) is 16.8 Å². The summed E-state index contributed by atoms with van der Waals surface area (Å²) >= 11 is 0. The Bertz CT molecular complexity index is 2030. The van der Waals surface area contributed by atoms with Crippen molar-refractivity contribution in [3.63, 3.8) is 0 Å². The number of hydrogen-bond donors (Lipinski definition) is 0. The first-order chi connectivity index (χ1) is 20.5. The van der Waals surface area contributed by atoms with Crippen LogP contribution in [0.15, 0.2) is 72.8 Å². The molecule has 5 aromatic rings. The zero-order valence-corrected chi connectivity index (χ0v) is 26.7. The van der Waals surface area contributed by atoms with Crippen molar-refractivity contribution < 1.29 is 0 Å². The molecular formula is C40H41BN2. The normalized spacial score (nSPS) is 23.0. The van der Waals surface area contributed by atoms with Crippen molar-refractivity contribution in [2.75, 3.05) is 4.90 Å². The molecule has 0 N–H and O–H groups in total. The number of anilines is 2. The lowest BCUT2D eigenvalue weighted by molar-refractivity contribution is 0.195. The van der Waals surface area contributed by atoms with Gasteiger partial charge in [-0.3, -0.25) is 0 Å². The Morgan fingerprint density at radius 2 is 1.53 bits per heavy atom. The maximum atomic E-state index is 2.86. The molecule has 0 saturated heterocycles. The molecule has 3 heteroatoms. The Hall–Kier alpha value is -3.72. The summed E-state index contributed by atoms with van der Waals surface area (Å²) in [5, 5.41) is 1.38. The highest BCUT2D eigenvalue weighted by Crippen LogP contribution is 2.61. The number of para-hydroxylation sites is 1. The van der Waals surface area contributed by atoms with E-state index in [-0.39, 0.29) is 23.1 Å². The lowest BCUT2D eigenvalue weighted by atomic mass is 9.33. The lowest BCUT2D eigenvalue weighted by Gasteiger charge is -2.52. The largest absolute Gasteiger partial charge is 0.335 e. The van der Waals surface area contributed by atoms with Crippen LogP contribution in [0.25, 0.3) is 27.8 Å². The van der Waals surface area contributed by atoms with Gasteiger partial charge in [0.2, 0.25) is 0 Å². The molecule has 4 aliphatic rings. The van der Waals surface area contributed by atoms with E-state index in [0.29, 0.717) is 0 Å². The summed E-state index contributed by atoms with van der Waals surface area (Å²) in [5.41, 5.74) is 18.9. The maximum absolute atomic E-state index is 2.86. The molecule has 9 rings (SSSR count). The van der Waals surface area contributed by atoms with E-state index in [2.05, 4.69) is 131 Å². The molecule has 4 heterocycles. The monoisotopic (exact) mass is 560 g/mol. The molecule has 214 valence electrons. The second kappa shape index (κ2) is 8.06. The fourth-order valence-electron chi connectivity index (χ4n) is 9.73. The first-order valence-electron chi connectivity index (χ1n) is 16.4. The van der Waals surface area contributed by atoms with Crippen LogP contribution in [0.2, 0.25) is 0 Å². The number of hydrogen-bond acceptors (Lipinski definition) is 1. The third-order valence-electron chi connectivity index (χ3n) is 12.1. The second-order valence-corrected chi connectivity index (χ2v) is 15.4. The summed E-state index contributed by atoms with van der Waals surface area (Å²) in [6.45, 7) is 17.2. The molecular weight excluding hydrogens is 519 g/mol. The molecule has 1 unspecified atom stereocenters. The summed E-state index contributed by atoms with van der Waals surface area (Å²) in [6.07, 6.45) is 5.10. The number of aryl methyl sites for hydroxylation is 2. The van der Waals surface area contributed by atoms with Crippen molar-refractivity contribution in [2.24, 2.45) is 0 Å². The third-order valence-corrected chi connectivity index (χ3v) is 12.1. The first kappa shape index (κ1) is 25.8. The summed E-state index contributed by atoms with van der Waals surface area (Å²) in [6, 6.07) is 28.4. The molecule has 1 saturated carbocycles. The van der Waals surface area contributed by atoms with Gasteiger partial charge in [-0.1, -0.05) is 101 Å². The molecule has 0 amide bonds. The predicted octanol–water partition coefficient (Wildman–Crippen LogP) is 8.10. The summed E-state index contributed by atoms with van der Waals surface area (Å²) in [7, 11) is 0. The molecule has 1 aromatic heterocycles. The van der Waals surface area contributed by atoms with Crippen LogP contribution in [0.3, 0.4) is 0 Å². The highest BCUT2D eigenvalue weighted by Gasteiger charge is 2.61. The predicted molar refractivity (Wildman–Crippen MR) is 184 cm³/mol. The van der Waals surface area contributed by atoms with Crippen LogP contribution < -0.4 is 21.3 Å². The average molecular weight is 561 g/mol. The molecule has 0 spiro atoms. The average Bonchev–Trinajstić information content (AvgIpc) is 3.39. The van der Waals surface area contributed by atoms with E-state index in [0.717, 1.165) is 0 Å². The minimum atomic E-state index is 0.0481. The van der Waals surface area contributed by atoms with Gasteiger partial charge in [-0.15, -0.1) is 0 Å². The first-order valence-corrected chi connectivity index (χ1v) is 16.4. The van der Waals surface area contributed by atoms with Crippen molar-refractivity contribution in [3.8, 4) is 16.9 Å². The van der Waals surface area contributed by atoms with Crippen LogP contribution >= 0.6 is 0 Å². The van der Waals surface area contributed by atoms with Gasteiger partial charge >= 0.3 is 0 Å². The summed E-state index contributed by atoms with van der Waals surface area (Å²) < 4.78 is 2.63. The van der Waals surface area contributed by atoms with Gasteiger partial charge in [0, 0.05) is 33.4 Å². The number of aromatic nitrogens is 1. The minimum absolute atomic E-state index is 0.0481. The maximum Gasteiger partial charge on any atom is 0.252 e. The van der Waals surface area contributed by atoms with Crippen molar-refractivity contribution >= 4 is 45.4 Å². The van der Waals surface area contributed by atoms with Gasteiger partial charge < -0.3 is 9.47 Å². The Kier molecular flexibility index (Phi) is 4.82. The number of benzene rings is 4. The molecule has 1 fully saturated rings. The quantitative estimate of drug-likeness (QED) is 0.185. The number of rotatable bonds is 1.